The number of phenolic OH excluding ortho intramolecular Hbond substituents is 2. The third-order valence-corrected chi connectivity index (χ3v) is 6.29. The number of phenols is 2. The van der Waals surface area contributed by atoms with Crippen molar-refractivity contribution in [3.05, 3.63) is 47.2 Å². The van der Waals surface area contributed by atoms with E-state index in [0.717, 1.165) is 13.4 Å². The summed E-state index contributed by atoms with van der Waals surface area (Å²) in [6.45, 7) is 0.912. The molecule has 6 N–H and O–H groups in total. The number of aromatic hydroxyl groups is 2. The summed E-state index contributed by atoms with van der Waals surface area (Å²) >= 11 is 0. The van der Waals surface area contributed by atoms with Crippen molar-refractivity contribution in [1.29, 1.82) is 0 Å². The zero-order valence-corrected chi connectivity index (χ0v) is 20.8. The quantitative estimate of drug-likeness (QED) is 0.131. The van der Waals surface area contributed by atoms with Crippen molar-refractivity contribution in [2.45, 2.75) is 56.8 Å². The Kier molecular flexibility index (Phi) is 10.1. The van der Waals surface area contributed by atoms with Gasteiger partial charge in [0.2, 0.25) is 6.29 Å². The Labute approximate surface area is 218 Å². The van der Waals surface area contributed by atoms with Gasteiger partial charge in [0.15, 0.2) is 17.8 Å². The number of esters is 2. The van der Waals surface area contributed by atoms with Crippen LogP contribution in [-0.2, 0) is 39.7 Å². The molecule has 3 rings (SSSR count). The third kappa shape index (κ3) is 6.62. The Morgan fingerprint density at radius 3 is 2.45 bits per heavy atom. The van der Waals surface area contributed by atoms with E-state index < -0.39 is 61.5 Å². The molecule has 1 aromatic carbocycles. The van der Waals surface area contributed by atoms with Crippen molar-refractivity contribution in [2.24, 2.45) is 5.92 Å². The number of ether oxygens (including phenoxy) is 5. The number of aliphatic hydroxyl groups is 4. The molecule has 2 heterocycles. The number of methoxy groups -OCH3 is 1. The summed E-state index contributed by atoms with van der Waals surface area (Å²) in [4.78, 5) is 25.1. The van der Waals surface area contributed by atoms with Gasteiger partial charge in [-0.1, -0.05) is 12.1 Å². The van der Waals surface area contributed by atoms with Crippen LogP contribution in [0.25, 0.3) is 0 Å². The molecule has 0 amide bonds. The zero-order valence-electron chi connectivity index (χ0n) is 20.8. The standard InChI is InChI=1S/C25H32O13/c1-3-13-14(9-19(29)35-7-6-12-4-5-16(27)17(28)8-12)15(23(33)34-2)11-36-24(13)38-25-22(32)21(31)20(30)18(10-26)37-25/h3-5,8,11,14,18,20-22,24-28,30-32H,6-7,9-10H2,1-2H3/b13-3-/t14-,18?,20?,21?,22?,24-,25?/m0/s1. The van der Waals surface area contributed by atoms with Gasteiger partial charge in [0.25, 0.3) is 0 Å². The Hall–Kier alpha value is -3.20. The lowest BCUT2D eigenvalue weighted by molar-refractivity contribution is -0.327. The molecule has 1 aromatic rings. The lowest BCUT2D eigenvalue weighted by atomic mass is 9.86. The predicted molar refractivity (Wildman–Crippen MR) is 126 cm³/mol. The van der Waals surface area contributed by atoms with Crippen LogP contribution < -0.4 is 0 Å². The topological polar surface area (TPSA) is 202 Å². The molecule has 7 atom stereocenters. The van der Waals surface area contributed by atoms with Crippen LogP contribution in [0.3, 0.4) is 0 Å². The number of carbonyl (C=O) groups excluding carboxylic acids is 2. The molecule has 0 bridgehead atoms. The average Bonchev–Trinajstić information content (AvgIpc) is 2.90. The summed E-state index contributed by atoms with van der Waals surface area (Å²) in [7, 11) is 1.16. The molecular weight excluding hydrogens is 508 g/mol. The van der Waals surface area contributed by atoms with Crippen LogP contribution in [0.5, 0.6) is 11.5 Å². The largest absolute Gasteiger partial charge is 0.504 e. The highest BCUT2D eigenvalue weighted by Crippen LogP contribution is 2.36. The maximum absolute atomic E-state index is 12.7. The minimum absolute atomic E-state index is 0.00894. The van der Waals surface area contributed by atoms with Crippen LogP contribution in [0.2, 0.25) is 0 Å². The molecule has 0 aromatic heterocycles. The molecular formula is C25H32O13. The summed E-state index contributed by atoms with van der Waals surface area (Å²) in [6, 6.07) is 4.23. The van der Waals surface area contributed by atoms with Gasteiger partial charge in [-0.2, -0.15) is 0 Å². The van der Waals surface area contributed by atoms with E-state index in [1.807, 2.05) is 0 Å². The van der Waals surface area contributed by atoms with E-state index in [1.54, 1.807) is 19.1 Å². The molecule has 1 fully saturated rings. The van der Waals surface area contributed by atoms with Crippen LogP contribution in [0.1, 0.15) is 18.9 Å². The summed E-state index contributed by atoms with van der Waals surface area (Å²) in [5, 5.41) is 58.8. The van der Waals surface area contributed by atoms with Gasteiger partial charge in [-0.05, 0) is 24.6 Å². The number of aliphatic hydroxyl groups excluding tert-OH is 4. The fourth-order valence-electron chi connectivity index (χ4n) is 4.16. The fourth-order valence-corrected chi connectivity index (χ4v) is 4.16. The lowest BCUT2D eigenvalue weighted by Crippen LogP contribution is -2.60. The molecule has 0 spiro atoms. The third-order valence-electron chi connectivity index (χ3n) is 6.29. The summed E-state index contributed by atoms with van der Waals surface area (Å²) in [6.07, 6.45) is -6.39. The first-order chi connectivity index (χ1) is 18.1. The van der Waals surface area contributed by atoms with Crippen LogP contribution in [0, 0.1) is 5.92 Å². The van der Waals surface area contributed by atoms with Gasteiger partial charge in [-0.3, -0.25) is 4.79 Å². The molecule has 5 unspecified atom stereocenters. The van der Waals surface area contributed by atoms with E-state index in [1.165, 1.54) is 12.1 Å². The molecule has 210 valence electrons. The predicted octanol–water partition coefficient (Wildman–Crippen LogP) is -0.634. The second-order valence-corrected chi connectivity index (χ2v) is 8.71. The van der Waals surface area contributed by atoms with Gasteiger partial charge in [-0.15, -0.1) is 0 Å². The van der Waals surface area contributed by atoms with E-state index in [-0.39, 0.29) is 36.5 Å². The van der Waals surface area contributed by atoms with E-state index in [4.69, 9.17) is 23.7 Å². The minimum Gasteiger partial charge on any atom is -0.504 e. The fraction of sp³-hybridized carbons (Fsp3) is 0.520. The Bertz CT molecular complexity index is 1050. The van der Waals surface area contributed by atoms with Gasteiger partial charge in [0.05, 0.1) is 38.6 Å². The Morgan fingerprint density at radius 2 is 1.82 bits per heavy atom. The van der Waals surface area contributed by atoms with Crippen molar-refractivity contribution in [3.8, 4) is 11.5 Å². The van der Waals surface area contributed by atoms with E-state index in [9.17, 15) is 40.2 Å². The van der Waals surface area contributed by atoms with Crippen LogP contribution in [0.4, 0.5) is 0 Å². The normalized spacial score (nSPS) is 30.3. The van der Waals surface area contributed by atoms with Crippen LogP contribution in [0.15, 0.2) is 41.7 Å². The molecule has 13 heteroatoms. The maximum atomic E-state index is 12.7. The summed E-state index contributed by atoms with van der Waals surface area (Å²) in [5.41, 5.74) is 0.927. The molecule has 0 aliphatic carbocycles. The smallest absolute Gasteiger partial charge is 0.337 e. The lowest BCUT2D eigenvalue weighted by Gasteiger charge is -2.41. The Balaban J connectivity index is 1.71. The number of carbonyl (C=O) groups is 2. The summed E-state index contributed by atoms with van der Waals surface area (Å²) in [5.74, 6) is -2.89. The molecule has 0 radical (unpaired) electrons. The SMILES string of the molecule is C/C=C1\[C@H](OC2OC(CO)C(O)C(O)C2O)OC=C(C(=O)OC)[C@H]1CC(=O)OCCc1ccc(O)c(O)c1. The Morgan fingerprint density at radius 1 is 1.08 bits per heavy atom. The first-order valence-electron chi connectivity index (χ1n) is 11.8. The molecule has 2 aliphatic rings. The van der Waals surface area contributed by atoms with Crippen molar-refractivity contribution >= 4 is 11.9 Å². The average molecular weight is 541 g/mol. The van der Waals surface area contributed by atoms with Crippen molar-refractivity contribution in [3.63, 3.8) is 0 Å². The van der Waals surface area contributed by atoms with Gasteiger partial charge in [-0.25, -0.2) is 4.79 Å². The molecule has 38 heavy (non-hydrogen) atoms. The maximum Gasteiger partial charge on any atom is 0.337 e. The minimum atomic E-state index is -1.69. The van der Waals surface area contributed by atoms with Crippen molar-refractivity contribution in [1.82, 2.24) is 0 Å². The van der Waals surface area contributed by atoms with E-state index in [2.05, 4.69) is 0 Å². The number of allylic oxidation sites excluding steroid dienone is 1. The zero-order chi connectivity index (χ0) is 28.0. The van der Waals surface area contributed by atoms with Crippen molar-refractivity contribution < 1.29 is 63.9 Å². The van der Waals surface area contributed by atoms with Crippen LogP contribution in [-0.4, -0.2) is 99.9 Å². The molecule has 13 nitrogen and oxygen atoms in total. The van der Waals surface area contributed by atoms with Crippen LogP contribution >= 0.6 is 0 Å². The molecule has 0 saturated carbocycles. The first-order valence-corrected chi connectivity index (χ1v) is 11.8. The second-order valence-electron chi connectivity index (χ2n) is 8.71. The van der Waals surface area contributed by atoms with Gasteiger partial charge in [0.1, 0.15) is 24.4 Å². The van der Waals surface area contributed by atoms with Gasteiger partial charge >= 0.3 is 11.9 Å². The van der Waals surface area contributed by atoms with E-state index in [0.29, 0.717) is 11.1 Å². The van der Waals surface area contributed by atoms with Crippen molar-refractivity contribution in [2.75, 3.05) is 20.3 Å². The number of benzene rings is 1. The number of hydrogen-bond donors (Lipinski definition) is 6. The number of hydrogen-bond acceptors (Lipinski definition) is 13. The molecule has 1 saturated heterocycles. The number of rotatable bonds is 9. The second kappa shape index (κ2) is 13.0. The monoisotopic (exact) mass is 540 g/mol. The highest BCUT2D eigenvalue weighted by Gasteiger charge is 2.46. The highest BCUT2D eigenvalue weighted by molar-refractivity contribution is 5.90. The first kappa shape index (κ1) is 29.4. The summed E-state index contributed by atoms with van der Waals surface area (Å²) < 4.78 is 26.7. The highest BCUT2D eigenvalue weighted by atomic mass is 16.8. The van der Waals surface area contributed by atoms with Gasteiger partial charge < -0.3 is 54.3 Å². The van der Waals surface area contributed by atoms with Gasteiger partial charge in [0, 0.05) is 17.9 Å². The van der Waals surface area contributed by atoms with E-state index >= 15 is 0 Å². The molecule has 2 aliphatic heterocycles.